The third kappa shape index (κ3) is 4.29. The van der Waals surface area contributed by atoms with Gasteiger partial charge in [0.15, 0.2) is 0 Å². The molecule has 1 aromatic heterocycles. The highest BCUT2D eigenvalue weighted by molar-refractivity contribution is 5.20. The Morgan fingerprint density at radius 1 is 1.38 bits per heavy atom. The molecule has 0 bridgehead atoms. The first-order valence-electron chi connectivity index (χ1n) is 5.90. The van der Waals surface area contributed by atoms with Crippen molar-refractivity contribution < 1.29 is 4.74 Å². The fourth-order valence-corrected chi connectivity index (χ4v) is 1.58. The summed E-state index contributed by atoms with van der Waals surface area (Å²) < 4.78 is 5.66. The van der Waals surface area contributed by atoms with Gasteiger partial charge in [-0.15, -0.1) is 0 Å². The van der Waals surface area contributed by atoms with E-state index >= 15 is 0 Å². The van der Waals surface area contributed by atoms with E-state index < -0.39 is 0 Å². The Hall–Kier alpha value is -0.930. The molecule has 0 aliphatic carbocycles. The van der Waals surface area contributed by atoms with E-state index in [0.29, 0.717) is 6.61 Å². The Bertz CT molecular complexity index is 313. The first kappa shape index (κ1) is 13.1. The largest absolute Gasteiger partial charge is 0.377 e. The van der Waals surface area contributed by atoms with Crippen LogP contribution in [0.1, 0.15) is 37.9 Å². The minimum atomic E-state index is 0.236. The van der Waals surface area contributed by atoms with Crippen molar-refractivity contribution in [1.29, 1.82) is 0 Å². The maximum Gasteiger partial charge on any atom is 0.0665 e. The fraction of sp³-hybridized carbons (Fsp3) is 0.615. The zero-order chi connectivity index (χ0) is 12.0. The van der Waals surface area contributed by atoms with Crippen LogP contribution in [0.4, 0.5) is 0 Å². The summed E-state index contributed by atoms with van der Waals surface area (Å²) in [4.78, 5) is 4.22. The summed E-state index contributed by atoms with van der Waals surface area (Å²) in [7, 11) is 0. The molecule has 1 aromatic rings. The van der Waals surface area contributed by atoms with E-state index in [4.69, 9.17) is 4.74 Å². The molecule has 16 heavy (non-hydrogen) atoms. The van der Waals surface area contributed by atoms with Crippen LogP contribution in [0.5, 0.6) is 0 Å². The first-order chi connectivity index (χ1) is 7.63. The van der Waals surface area contributed by atoms with Crippen LogP contribution in [0.25, 0.3) is 0 Å². The van der Waals surface area contributed by atoms with Gasteiger partial charge in [0.05, 0.1) is 18.8 Å². The summed E-state index contributed by atoms with van der Waals surface area (Å²) in [5, 5.41) is 3.42. The number of nitrogens with one attached hydrogen (secondary N) is 1. The smallest absolute Gasteiger partial charge is 0.0665 e. The molecule has 0 spiro atoms. The van der Waals surface area contributed by atoms with Gasteiger partial charge in [0.2, 0.25) is 0 Å². The minimum Gasteiger partial charge on any atom is -0.377 e. The Morgan fingerprint density at radius 3 is 2.69 bits per heavy atom. The predicted octanol–water partition coefficient (Wildman–Crippen LogP) is 2.47. The Balaban J connectivity index is 2.68. The van der Waals surface area contributed by atoms with Gasteiger partial charge < -0.3 is 10.1 Å². The normalized spacial score (nSPS) is 13.1. The lowest BCUT2D eigenvalue weighted by Gasteiger charge is -2.19. The molecule has 0 saturated carbocycles. The van der Waals surface area contributed by atoms with Crippen molar-refractivity contribution in [2.24, 2.45) is 0 Å². The highest BCUT2D eigenvalue weighted by Gasteiger charge is 2.11. The molecule has 0 aromatic carbocycles. The topological polar surface area (TPSA) is 34.1 Å². The lowest BCUT2D eigenvalue weighted by molar-refractivity contribution is 0.0613. The molecule has 3 heteroatoms. The molecule has 0 radical (unpaired) electrons. The molecule has 1 N–H and O–H groups in total. The van der Waals surface area contributed by atoms with Crippen molar-refractivity contribution in [2.75, 3.05) is 13.2 Å². The highest BCUT2D eigenvalue weighted by Crippen LogP contribution is 2.14. The van der Waals surface area contributed by atoms with Crippen LogP contribution in [0, 0.1) is 6.92 Å². The second kappa shape index (κ2) is 6.61. The molecule has 0 saturated heterocycles. The number of nitrogens with zero attached hydrogens (tertiary/aromatic N) is 1. The van der Waals surface area contributed by atoms with E-state index in [-0.39, 0.29) is 12.1 Å². The summed E-state index contributed by atoms with van der Waals surface area (Å²) in [6.07, 6.45) is 4.04. The van der Waals surface area contributed by atoms with Crippen LogP contribution < -0.4 is 5.32 Å². The number of hydrogen-bond acceptors (Lipinski definition) is 3. The average Bonchev–Trinajstić information content (AvgIpc) is 2.24. The molecule has 1 unspecified atom stereocenters. The number of pyridine rings is 1. The molecule has 0 aliphatic heterocycles. The van der Waals surface area contributed by atoms with Gasteiger partial charge in [-0.2, -0.15) is 0 Å². The highest BCUT2D eigenvalue weighted by atomic mass is 16.5. The number of hydrogen-bond donors (Lipinski definition) is 1. The van der Waals surface area contributed by atoms with Crippen molar-refractivity contribution in [3.63, 3.8) is 0 Å². The zero-order valence-corrected chi connectivity index (χ0v) is 10.7. The standard InChI is InChI=1S/C13H22N2O/c1-5-15-13(9-16-10(2)3)12-6-11(4)7-14-8-12/h6-8,10,13,15H,5,9H2,1-4H3. The number of rotatable bonds is 6. The molecule has 1 atom stereocenters. The van der Waals surface area contributed by atoms with E-state index in [1.807, 2.05) is 12.4 Å². The Kier molecular flexibility index (Phi) is 5.43. The Morgan fingerprint density at radius 2 is 2.12 bits per heavy atom. The molecular weight excluding hydrogens is 200 g/mol. The third-order valence-electron chi connectivity index (χ3n) is 2.35. The lowest BCUT2D eigenvalue weighted by atomic mass is 10.1. The van der Waals surface area contributed by atoms with Gasteiger partial charge in [-0.3, -0.25) is 4.98 Å². The van der Waals surface area contributed by atoms with Crippen LogP contribution in [0.3, 0.4) is 0 Å². The number of ether oxygens (including phenoxy) is 1. The predicted molar refractivity (Wildman–Crippen MR) is 66.5 cm³/mol. The number of aryl methyl sites for hydroxylation is 1. The molecular formula is C13H22N2O. The second-order valence-electron chi connectivity index (χ2n) is 4.29. The molecule has 90 valence electrons. The van der Waals surface area contributed by atoms with E-state index in [0.717, 1.165) is 6.54 Å². The quantitative estimate of drug-likeness (QED) is 0.803. The molecule has 1 heterocycles. The minimum absolute atomic E-state index is 0.236. The summed E-state index contributed by atoms with van der Waals surface area (Å²) in [6.45, 7) is 9.89. The molecule has 0 amide bonds. The zero-order valence-electron chi connectivity index (χ0n) is 10.7. The van der Waals surface area contributed by atoms with Crippen molar-refractivity contribution in [2.45, 2.75) is 39.8 Å². The number of likely N-dealkylation sites (N-methyl/N-ethyl adjacent to an activating group) is 1. The third-order valence-corrected chi connectivity index (χ3v) is 2.35. The Labute approximate surface area is 98.2 Å². The van der Waals surface area contributed by atoms with Crippen LogP contribution in [0.15, 0.2) is 18.5 Å². The van der Waals surface area contributed by atoms with E-state index in [9.17, 15) is 0 Å². The maximum absolute atomic E-state index is 5.66. The van der Waals surface area contributed by atoms with Gasteiger partial charge in [0.25, 0.3) is 0 Å². The van der Waals surface area contributed by atoms with Gasteiger partial charge >= 0.3 is 0 Å². The summed E-state index contributed by atoms with van der Waals surface area (Å²) in [6, 6.07) is 2.39. The molecule has 0 aliphatic rings. The maximum atomic E-state index is 5.66. The van der Waals surface area contributed by atoms with Crippen molar-refractivity contribution >= 4 is 0 Å². The summed E-state index contributed by atoms with van der Waals surface area (Å²) >= 11 is 0. The van der Waals surface area contributed by atoms with Gasteiger partial charge in [-0.1, -0.05) is 13.0 Å². The van der Waals surface area contributed by atoms with Gasteiger partial charge in [-0.25, -0.2) is 0 Å². The van der Waals surface area contributed by atoms with Crippen LogP contribution in [0.2, 0.25) is 0 Å². The van der Waals surface area contributed by atoms with Crippen molar-refractivity contribution in [3.8, 4) is 0 Å². The first-order valence-corrected chi connectivity index (χ1v) is 5.90. The van der Waals surface area contributed by atoms with Gasteiger partial charge in [-0.05, 0) is 38.4 Å². The molecule has 1 rings (SSSR count). The summed E-state index contributed by atoms with van der Waals surface area (Å²) in [5.74, 6) is 0. The second-order valence-corrected chi connectivity index (χ2v) is 4.29. The van der Waals surface area contributed by atoms with E-state index in [1.165, 1.54) is 11.1 Å². The van der Waals surface area contributed by atoms with Crippen molar-refractivity contribution in [3.05, 3.63) is 29.6 Å². The molecule has 0 fully saturated rings. The van der Waals surface area contributed by atoms with Gasteiger partial charge in [0.1, 0.15) is 0 Å². The van der Waals surface area contributed by atoms with E-state index in [2.05, 4.69) is 44.1 Å². The average molecular weight is 222 g/mol. The van der Waals surface area contributed by atoms with Crippen LogP contribution in [-0.4, -0.2) is 24.2 Å². The monoisotopic (exact) mass is 222 g/mol. The van der Waals surface area contributed by atoms with Crippen LogP contribution in [-0.2, 0) is 4.74 Å². The SMILES string of the molecule is CCNC(COC(C)C)c1cncc(C)c1. The van der Waals surface area contributed by atoms with Crippen LogP contribution >= 0.6 is 0 Å². The fourth-order valence-electron chi connectivity index (χ4n) is 1.58. The number of aromatic nitrogens is 1. The molecule has 3 nitrogen and oxygen atoms in total. The van der Waals surface area contributed by atoms with Gasteiger partial charge in [0, 0.05) is 12.4 Å². The lowest BCUT2D eigenvalue weighted by Crippen LogP contribution is -2.26. The summed E-state index contributed by atoms with van der Waals surface area (Å²) in [5.41, 5.74) is 2.38. The van der Waals surface area contributed by atoms with Crippen molar-refractivity contribution in [1.82, 2.24) is 10.3 Å². The van der Waals surface area contributed by atoms with E-state index in [1.54, 1.807) is 0 Å².